The topological polar surface area (TPSA) is 143 Å². The number of hydrogen-bond donors (Lipinski definition) is 4. The number of ether oxygens (including phenoxy) is 2. The van der Waals surface area contributed by atoms with E-state index < -0.39 is 59.6 Å². The molecule has 0 saturated carbocycles. The smallest absolute Gasteiger partial charge is 0.407 e. The van der Waals surface area contributed by atoms with Gasteiger partial charge in [0.1, 0.15) is 17.7 Å². The van der Waals surface area contributed by atoms with Gasteiger partial charge in [-0.2, -0.15) is 0 Å². The van der Waals surface area contributed by atoms with Crippen molar-refractivity contribution in [3.63, 3.8) is 0 Å². The van der Waals surface area contributed by atoms with Crippen LogP contribution in [-0.4, -0.2) is 65.9 Å². The van der Waals surface area contributed by atoms with Gasteiger partial charge in [0.2, 0.25) is 11.8 Å². The number of rotatable bonds is 15. The van der Waals surface area contributed by atoms with Crippen molar-refractivity contribution in [2.24, 2.45) is 17.8 Å². The maximum absolute atomic E-state index is 13.9. The van der Waals surface area contributed by atoms with Gasteiger partial charge in [0.05, 0.1) is 19.3 Å². The minimum atomic E-state index is -1.13. The molecule has 0 spiro atoms. The van der Waals surface area contributed by atoms with Crippen molar-refractivity contribution in [1.82, 2.24) is 16.0 Å². The number of nitrogens with one attached hydrogen (secondary N) is 3. The zero-order valence-corrected chi connectivity index (χ0v) is 27.8. The van der Waals surface area contributed by atoms with Crippen LogP contribution >= 0.6 is 0 Å². The van der Waals surface area contributed by atoms with Gasteiger partial charge < -0.3 is 30.5 Å². The van der Waals surface area contributed by atoms with Gasteiger partial charge in [0.15, 0.2) is 0 Å². The Kier molecular flexibility index (Phi) is 14.5. The zero-order valence-electron chi connectivity index (χ0n) is 27.8. The number of carbonyl (C=O) groups is 4. The summed E-state index contributed by atoms with van der Waals surface area (Å²) in [4.78, 5) is 52.3. The highest BCUT2D eigenvalue weighted by Crippen LogP contribution is 2.20. The Morgan fingerprint density at radius 3 is 1.69 bits per heavy atom. The molecule has 0 fully saturated rings. The molecule has 0 bridgehead atoms. The Bertz CT molecular complexity index is 1230. The van der Waals surface area contributed by atoms with Crippen LogP contribution in [0.1, 0.15) is 66.0 Å². The number of aliphatic hydroxyl groups excluding tert-OH is 1. The molecule has 3 amide bonds. The summed E-state index contributed by atoms with van der Waals surface area (Å²) in [6.45, 7) is 12.4. The predicted octanol–water partition coefficient (Wildman–Crippen LogP) is 4.19. The van der Waals surface area contributed by atoms with Crippen LogP contribution in [0.4, 0.5) is 4.79 Å². The van der Waals surface area contributed by atoms with Crippen molar-refractivity contribution < 1.29 is 33.8 Å². The molecule has 45 heavy (non-hydrogen) atoms. The second kappa shape index (κ2) is 17.5. The quantitative estimate of drug-likeness (QED) is 0.218. The van der Waals surface area contributed by atoms with Crippen LogP contribution < -0.4 is 16.0 Å². The number of aliphatic hydroxyl groups is 1. The van der Waals surface area contributed by atoms with Gasteiger partial charge in [0, 0.05) is 5.92 Å². The molecule has 2 aromatic carbocycles. The molecule has 0 aliphatic carbocycles. The molecule has 0 aromatic heterocycles. The molecule has 0 aliphatic rings. The summed E-state index contributed by atoms with van der Waals surface area (Å²) in [6.07, 6.45) is -1.21. The Morgan fingerprint density at radius 2 is 1.22 bits per heavy atom. The highest BCUT2D eigenvalue weighted by molar-refractivity contribution is 5.91. The first-order valence-corrected chi connectivity index (χ1v) is 15.5. The Balaban J connectivity index is 2.34. The monoisotopic (exact) mass is 625 g/mol. The third-order valence-electron chi connectivity index (χ3n) is 7.35. The summed E-state index contributed by atoms with van der Waals surface area (Å²) in [7, 11) is 1.26. The Morgan fingerprint density at radius 1 is 0.733 bits per heavy atom. The highest BCUT2D eigenvalue weighted by atomic mass is 16.6. The first-order chi connectivity index (χ1) is 21.1. The summed E-state index contributed by atoms with van der Waals surface area (Å²) in [5.74, 6) is -2.79. The molecule has 0 saturated heterocycles. The second-order valence-electron chi connectivity index (χ2n) is 13.1. The van der Waals surface area contributed by atoms with Crippen LogP contribution in [0.3, 0.4) is 0 Å². The SMILES string of the molecule is COC(=O)C(NC(=O)[C@H](NC(=O)C(Cc1ccccc1)C[C@H](O)[C@H](Cc1ccccc1)NC(=O)OC(C)(C)C)C(C)C)C(C)C. The van der Waals surface area contributed by atoms with Gasteiger partial charge in [-0.15, -0.1) is 0 Å². The molecule has 2 rings (SSSR count). The Hall–Kier alpha value is -3.92. The van der Waals surface area contributed by atoms with Crippen LogP contribution in [0.25, 0.3) is 0 Å². The van der Waals surface area contributed by atoms with Crippen molar-refractivity contribution in [3.8, 4) is 0 Å². The highest BCUT2D eigenvalue weighted by Gasteiger charge is 2.34. The van der Waals surface area contributed by atoms with Gasteiger partial charge in [-0.1, -0.05) is 88.4 Å². The molecule has 4 N–H and O–H groups in total. The van der Waals surface area contributed by atoms with Crippen LogP contribution in [0, 0.1) is 17.8 Å². The molecule has 2 unspecified atom stereocenters. The van der Waals surface area contributed by atoms with E-state index in [1.54, 1.807) is 48.5 Å². The van der Waals surface area contributed by atoms with Crippen LogP contribution in [0.15, 0.2) is 60.7 Å². The van der Waals surface area contributed by atoms with Crippen LogP contribution in [0.2, 0.25) is 0 Å². The molecule has 10 nitrogen and oxygen atoms in total. The van der Waals surface area contributed by atoms with E-state index in [9.17, 15) is 24.3 Å². The van der Waals surface area contributed by atoms with E-state index in [2.05, 4.69) is 16.0 Å². The van der Waals surface area contributed by atoms with Gasteiger partial charge in [-0.05, 0) is 63.0 Å². The van der Waals surface area contributed by atoms with E-state index in [0.717, 1.165) is 11.1 Å². The zero-order chi connectivity index (χ0) is 33.7. The average molecular weight is 626 g/mol. The largest absolute Gasteiger partial charge is 0.467 e. The number of hydrogen-bond acceptors (Lipinski definition) is 7. The van der Waals surface area contributed by atoms with Gasteiger partial charge in [-0.25, -0.2) is 9.59 Å². The van der Waals surface area contributed by atoms with Crippen molar-refractivity contribution >= 4 is 23.9 Å². The molecule has 0 aliphatic heterocycles. The van der Waals surface area contributed by atoms with Gasteiger partial charge >= 0.3 is 12.1 Å². The number of methoxy groups -OCH3 is 1. The molecule has 0 radical (unpaired) electrons. The summed E-state index contributed by atoms with van der Waals surface area (Å²) in [6, 6.07) is 16.2. The van der Waals surface area contributed by atoms with E-state index in [0.29, 0.717) is 6.42 Å². The van der Waals surface area contributed by atoms with E-state index in [-0.39, 0.29) is 24.7 Å². The molecule has 10 heteroatoms. The first kappa shape index (κ1) is 37.3. The Labute approximate surface area is 267 Å². The number of esters is 1. The minimum absolute atomic E-state index is 0.00274. The van der Waals surface area contributed by atoms with Crippen LogP contribution in [0.5, 0.6) is 0 Å². The molecular formula is C35H51N3O7. The number of amides is 3. The molecule has 248 valence electrons. The predicted molar refractivity (Wildman–Crippen MR) is 173 cm³/mol. The minimum Gasteiger partial charge on any atom is -0.467 e. The molecular weight excluding hydrogens is 574 g/mol. The third kappa shape index (κ3) is 12.9. The van der Waals surface area contributed by atoms with Crippen molar-refractivity contribution in [2.75, 3.05) is 7.11 Å². The lowest BCUT2D eigenvalue weighted by atomic mass is 9.88. The van der Waals surface area contributed by atoms with E-state index in [1.807, 2.05) is 60.7 Å². The van der Waals surface area contributed by atoms with Crippen LogP contribution in [-0.2, 0) is 36.7 Å². The maximum Gasteiger partial charge on any atom is 0.407 e. The lowest BCUT2D eigenvalue weighted by Gasteiger charge is -2.30. The van der Waals surface area contributed by atoms with Crippen molar-refractivity contribution in [1.29, 1.82) is 0 Å². The fourth-order valence-electron chi connectivity index (χ4n) is 4.92. The van der Waals surface area contributed by atoms with Crippen molar-refractivity contribution in [3.05, 3.63) is 71.8 Å². The first-order valence-electron chi connectivity index (χ1n) is 15.5. The normalized spacial score (nSPS) is 14.9. The fourth-order valence-corrected chi connectivity index (χ4v) is 4.92. The van der Waals surface area contributed by atoms with Gasteiger partial charge in [-0.3, -0.25) is 9.59 Å². The van der Waals surface area contributed by atoms with Gasteiger partial charge in [0.25, 0.3) is 0 Å². The van der Waals surface area contributed by atoms with E-state index in [1.165, 1.54) is 7.11 Å². The maximum atomic E-state index is 13.9. The lowest BCUT2D eigenvalue weighted by Crippen LogP contribution is -2.56. The summed E-state index contributed by atoms with van der Waals surface area (Å²) in [5.41, 5.74) is 1.03. The number of carbonyl (C=O) groups excluding carboxylic acids is 4. The molecule has 0 heterocycles. The molecule has 2 aromatic rings. The molecule has 5 atom stereocenters. The summed E-state index contributed by atoms with van der Waals surface area (Å²) >= 11 is 0. The van der Waals surface area contributed by atoms with E-state index in [4.69, 9.17) is 9.47 Å². The number of benzene rings is 2. The fraction of sp³-hybridized carbons (Fsp3) is 0.543. The second-order valence-corrected chi connectivity index (χ2v) is 13.1. The number of alkyl carbamates (subject to hydrolysis) is 1. The van der Waals surface area contributed by atoms with Crippen molar-refractivity contribution in [2.45, 2.75) is 97.6 Å². The lowest BCUT2D eigenvalue weighted by molar-refractivity contribution is -0.147. The summed E-state index contributed by atoms with van der Waals surface area (Å²) in [5, 5.41) is 20.0. The summed E-state index contributed by atoms with van der Waals surface area (Å²) < 4.78 is 10.3. The average Bonchev–Trinajstić information content (AvgIpc) is 2.97. The third-order valence-corrected chi connectivity index (χ3v) is 7.35. The standard InChI is InChI=1S/C35H51N3O7/c1-22(2)29(32(41)38-30(23(3)4)33(42)44-8)37-31(40)26(19-24-15-11-9-12-16-24)21-28(39)27(20-25-17-13-10-14-18-25)36-34(43)45-35(5,6)7/h9-18,22-23,26-30,39H,19-21H2,1-8H3,(H,36,43)(H,37,40)(H,38,41)/t26?,27-,28-,29+,30?/m0/s1. The van der Waals surface area contributed by atoms with E-state index >= 15 is 0 Å².